The van der Waals surface area contributed by atoms with Crippen molar-refractivity contribution in [3.8, 4) is 0 Å². The number of carbonyl (C=O) groups excluding carboxylic acids is 2. The number of carbonyl (C=O) groups is 2. The smallest absolute Gasteiger partial charge is 0.237 e. The molecule has 0 aliphatic heterocycles. The van der Waals surface area contributed by atoms with Gasteiger partial charge in [0.2, 0.25) is 11.8 Å². The van der Waals surface area contributed by atoms with Crippen molar-refractivity contribution in [3.63, 3.8) is 0 Å². The molecule has 0 saturated heterocycles. The highest BCUT2D eigenvalue weighted by Gasteiger charge is 2.24. The first kappa shape index (κ1) is 15.0. The van der Waals surface area contributed by atoms with Crippen LogP contribution in [0.5, 0.6) is 0 Å². The van der Waals surface area contributed by atoms with Crippen molar-refractivity contribution < 1.29 is 9.59 Å². The van der Waals surface area contributed by atoms with Crippen LogP contribution in [-0.4, -0.2) is 30.9 Å². The van der Waals surface area contributed by atoms with Crippen LogP contribution in [-0.2, 0) is 9.59 Å². The molecular formula is C13H25N3O2. The predicted octanol–water partition coefficient (Wildman–Crippen LogP) is 0.392. The largest absolute Gasteiger partial charge is 0.356 e. The standard InChI is InChI=1S/C13H25N3O2/c1-9(2)11(14)13(18)16-8-4-7-15-12(17)10-5-3-6-10/h9-11H,3-8,14H2,1-2H3,(H,15,17)(H,16,18)/t11-/m0/s1. The van der Waals surface area contributed by atoms with Crippen LogP contribution in [0.1, 0.15) is 39.5 Å². The van der Waals surface area contributed by atoms with Gasteiger partial charge in [-0.15, -0.1) is 0 Å². The van der Waals surface area contributed by atoms with E-state index >= 15 is 0 Å². The van der Waals surface area contributed by atoms with Crippen molar-refractivity contribution >= 4 is 11.8 Å². The summed E-state index contributed by atoms with van der Waals surface area (Å²) in [6, 6.07) is -0.449. The molecule has 18 heavy (non-hydrogen) atoms. The second kappa shape index (κ2) is 7.36. The minimum absolute atomic E-state index is 0.115. The van der Waals surface area contributed by atoms with Gasteiger partial charge in [-0.1, -0.05) is 20.3 Å². The molecule has 0 radical (unpaired) electrons. The second-order valence-corrected chi connectivity index (χ2v) is 5.33. The van der Waals surface area contributed by atoms with Crippen LogP contribution in [0.15, 0.2) is 0 Å². The minimum atomic E-state index is -0.449. The van der Waals surface area contributed by atoms with Gasteiger partial charge in [-0.2, -0.15) is 0 Å². The third kappa shape index (κ3) is 4.64. The summed E-state index contributed by atoms with van der Waals surface area (Å²) in [6.45, 7) is 5.02. The molecule has 0 unspecified atom stereocenters. The maximum Gasteiger partial charge on any atom is 0.237 e. The fourth-order valence-corrected chi connectivity index (χ4v) is 1.75. The summed E-state index contributed by atoms with van der Waals surface area (Å²) in [4.78, 5) is 23.0. The third-order valence-electron chi connectivity index (χ3n) is 3.45. The highest BCUT2D eigenvalue weighted by Crippen LogP contribution is 2.25. The fourth-order valence-electron chi connectivity index (χ4n) is 1.75. The van der Waals surface area contributed by atoms with Crippen molar-refractivity contribution in [3.05, 3.63) is 0 Å². The molecule has 5 heteroatoms. The Kier molecular flexibility index (Phi) is 6.12. The quantitative estimate of drug-likeness (QED) is 0.575. The van der Waals surface area contributed by atoms with Gasteiger partial charge in [0.05, 0.1) is 6.04 Å². The Morgan fingerprint density at radius 1 is 1.22 bits per heavy atom. The van der Waals surface area contributed by atoms with Crippen molar-refractivity contribution in [2.75, 3.05) is 13.1 Å². The lowest BCUT2D eigenvalue weighted by atomic mass is 9.85. The van der Waals surface area contributed by atoms with Crippen molar-refractivity contribution in [2.24, 2.45) is 17.6 Å². The monoisotopic (exact) mass is 255 g/mol. The molecule has 5 nitrogen and oxygen atoms in total. The van der Waals surface area contributed by atoms with E-state index in [4.69, 9.17) is 5.73 Å². The van der Waals surface area contributed by atoms with Gasteiger partial charge in [0.15, 0.2) is 0 Å². The Hall–Kier alpha value is -1.10. The molecule has 1 aliphatic carbocycles. The van der Waals surface area contributed by atoms with E-state index in [-0.39, 0.29) is 23.7 Å². The first-order chi connectivity index (χ1) is 8.52. The van der Waals surface area contributed by atoms with Gasteiger partial charge in [0.25, 0.3) is 0 Å². The van der Waals surface area contributed by atoms with Crippen LogP contribution >= 0.6 is 0 Å². The van der Waals surface area contributed by atoms with E-state index in [1.54, 1.807) is 0 Å². The molecule has 0 aromatic rings. The Morgan fingerprint density at radius 3 is 2.33 bits per heavy atom. The van der Waals surface area contributed by atoms with Crippen molar-refractivity contribution in [1.29, 1.82) is 0 Å². The van der Waals surface area contributed by atoms with Crippen LogP contribution in [0, 0.1) is 11.8 Å². The summed E-state index contributed by atoms with van der Waals surface area (Å²) in [5.74, 6) is 0.416. The summed E-state index contributed by atoms with van der Waals surface area (Å²) < 4.78 is 0. The Labute approximate surface area is 109 Å². The zero-order valence-corrected chi connectivity index (χ0v) is 11.4. The molecule has 1 aliphatic rings. The van der Waals surface area contributed by atoms with E-state index in [0.29, 0.717) is 13.1 Å². The molecule has 1 atom stereocenters. The van der Waals surface area contributed by atoms with E-state index < -0.39 is 6.04 Å². The van der Waals surface area contributed by atoms with Crippen LogP contribution in [0.25, 0.3) is 0 Å². The zero-order chi connectivity index (χ0) is 13.5. The summed E-state index contributed by atoms with van der Waals surface area (Å²) in [7, 11) is 0. The molecule has 2 amide bonds. The Morgan fingerprint density at radius 2 is 1.83 bits per heavy atom. The van der Waals surface area contributed by atoms with Gasteiger partial charge in [-0.25, -0.2) is 0 Å². The molecular weight excluding hydrogens is 230 g/mol. The molecule has 104 valence electrons. The number of nitrogens with one attached hydrogen (secondary N) is 2. The fraction of sp³-hybridized carbons (Fsp3) is 0.846. The maximum atomic E-state index is 11.5. The van der Waals surface area contributed by atoms with Gasteiger partial charge in [-0.05, 0) is 25.2 Å². The molecule has 0 bridgehead atoms. The van der Waals surface area contributed by atoms with Crippen LogP contribution in [0.2, 0.25) is 0 Å². The summed E-state index contributed by atoms with van der Waals surface area (Å²) >= 11 is 0. The Bertz CT molecular complexity index is 288. The molecule has 1 rings (SSSR count). The molecule has 4 N–H and O–H groups in total. The van der Waals surface area contributed by atoms with Gasteiger partial charge in [0.1, 0.15) is 0 Å². The first-order valence-corrected chi connectivity index (χ1v) is 6.83. The lowest BCUT2D eigenvalue weighted by Gasteiger charge is -2.24. The molecule has 0 heterocycles. The van der Waals surface area contributed by atoms with Gasteiger partial charge in [-0.3, -0.25) is 9.59 Å². The van der Waals surface area contributed by atoms with E-state index in [0.717, 1.165) is 19.3 Å². The molecule has 1 fully saturated rings. The molecule has 0 spiro atoms. The van der Waals surface area contributed by atoms with Gasteiger partial charge >= 0.3 is 0 Å². The summed E-state index contributed by atoms with van der Waals surface area (Å²) in [5.41, 5.74) is 5.71. The van der Waals surface area contributed by atoms with Crippen LogP contribution < -0.4 is 16.4 Å². The molecule has 0 aromatic carbocycles. The van der Waals surface area contributed by atoms with E-state index in [9.17, 15) is 9.59 Å². The van der Waals surface area contributed by atoms with Gasteiger partial charge in [0, 0.05) is 19.0 Å². The number of hydrogen-bond donors (Lipinski definition) is 3. The first-order valence-electron chi connectivity index (χ1n) is 6.83. The summed E-state index contributed by atoms with van der Waals surface area (Å²) in [5, 5.41) is 5.67. The van der Waals surface area contributed by atoms with E-state index in [1.807, 2.05) is 13.8 Å². The highest BCUT2D eigenvalue weighted by atomic mass is 16.2. The average Bonchev–Trinajstić information content (AvgIpc) is 2.24. The predicted molar refractivity (Wildman–Crippen MR) is 70.8 cm³/mol. The lowest BCUT2D eigenvalue weighted by molar-refractivity contribution is -0.127. The number of rotatable bonds is 7. The number of hydrogen-bond acceptors (Lipinski definition) is 3. The minimum Gasteiger partial charge on any atom is -0.356 e. The van der Waals surface area contributed by atoms with Gasteiger partial charge < -0.3 is 16.4 Å². The van der Waals surface area contributed by atoms with E-state index in [1.165, 1.54) is 6.42 Å². The van der Waals surface area contributed by atoms with Crippen molar-refractivity contribution in [2.45, 2.75) is 45.6 Å². The topological polar surface area (TPSA) is 84.2 Å². The molecule has 0 aromatic heterocycles. The van der Waals surface area contributed by atoms with Crippen LogP contribution in [0.4, 0.5) is 0 Å². The molecule has 1 saturated carbocycles. The van der Waals surface area contributed by atoms with Crippen LogP contribution in [0.3, 0.4) is 0 Å². The average molecular weight is 255 g/mol. The summed E-state index contributed by atoms with van der Waals surface area (Å²) in [6.07, 6.45) is 3.95. The third-order valence-corrected chi connectivity index (χ3v) is 3.45. The van der Waals surface area contributed by atoms with Crippen molar-refractivity contribution in [1.82, 2.24) is 10.6 Å². The van der Waals surface area contributed by atoms with E-state index in [2.05, 4.69) is 10.6 Å². The zero-order valence-electron chi connectivity index (χ0n) is 11.4. The SMILES string of the molecule is CC(C)[C@H](N)C(=O)NCCCNC(=O)C1CCC1. The highest BCUT2D eigenvalue weighted by molar-refractivity contribution is 5.81. The maximum absolute atomic E-state index is 11.5. The second-order valence-electron chi connectivity index (χ2n) is 5.33. The number of amides is 2. The normalized spacial score (nSPS) is 17.1. The Balaban J connectivity index is 2.01. The number of nitrogens with two attached hydrogens (primary N) is 1. The lowest BCUT2D eigenvalue weighted by Crippen LogP contribution is -2.44.